The summed E-state index contributed by atoms with van der Waals surface area (Å²) in [6.45, 7) is -1.63. The monoisotopic (exact) mass is 392 g/mol. The Labute approximate surface area is 180 Å². The van der Waals surface area contributed by atoms with Crippen molar-refractivity contribution in [2.24, 2.45) is 0 Å². The van der Waals surface area contributed by atoms with Gasteiger partial charge in [0.05, 0.1) is 0 Å². The van der Waals surface area contributed by atoms with Crippen molar-refractivity contribution in [1.29, 1.82) is 0 Å². The minimum atomic E-state index is -2.91. The number of likely N-dealkylation sites (N-methyl/N-ethyl adjacent to an activating group) is 1. The Morgan fingerprint density at radius 3 is 2.10 bits per heavy atom. The van der Waals surface area contributed by atoms with Crippen LogP contribution in [-0.2, 0) is 0 Å². The van der Waals surface area contributed by atoms with Crippen LogP contribution >= 0.6 is 0 Å². The van der Waals surface area contributed by atoms with Crippen molar-refractivity contribution in [3.8, 4) is 11.5 Å². The highest BCUT2D eigenvalue weighted by Gasteiger charge is 2.13. The van der Waals surface area contributed by atoms with Gasteiger partial charge in [0.2, 0.25) is 0 Å². The molecule has 150 valence electrons. The van der Waals surface area contributed by atoms with E-state index in [-0.39, 0.29) is 11.3 Å². The van der Waals surface area contributed by atoms with E-state index in [1.165, 1.54) is 12.1 Å². The highest BCUT2D eigenvalue weighted by molar-refractivity contribution is 5.98. The molecule has 0 spiro atoms. The SMILES string of the molecule is [2H]C([2H])([2H])C([2H])([2H])/C(=C(/c1ccc(O)cc1)c1ccc(OCCN(C)C)cc1)c1ccccc1. The maximum absolute atomic E-state index is 9.81. The van der Waals surface area contributed by atoms with Gasteiger partial charge in [-0.3, -0.25) is 0 Å². The Morgan fingerprint density at radius 2 is 1.52 bits per heavy atom. The molecule has 0 aliphatic heterocycles. The first-order valence-corrected chi connectivity index (χ1v) is 9.48. The average molecular weight is 393 g/mol. The molecule has 0 saturated heterocycles. The number of hydrogen-bond donors (Lipinski definition) is 1. The standard InChI is InChI=1S/C26H29NO2/c1-4-25(20-8-6-5-7-9-20)26(21-10-14-23(28)15-11-21)22-12-16-24(17-13-22)29-19-18-27(2)3/h5-17,28H,4,18-19H2,1-3H3/b26-25+/i1D3,4D2. The summed E-state index contributed by atoms with van der Waals surface area (Å²) in [6.07, 6.45) is -2.65. The summed E-state index contributed by atoms with van der Waals surface area (Å²) in [7, 11) is 3.93. The highest BCUT2D eigenvalue weighted by Crippen LogP contribution is 2.35. The first kappa shape index (κ1) is 14.9. The van der Waals surface area contributed by atoms with Crippen LogP contribution in [0.4, 0.5) is 0 Å². The number of allylic oxidation sites excluding steroid dienone is 1. The van der Waals surface area contributed by atoms with Gasteiger partial charge in [0.15, 0.2) is 0 Å². The number of nitrogens with zero attached hydrogens (tertiary/aromatic N) is 1. The van der Waals surface area contributed by atoms with Gasteiger partial charge in [-0.15, -0.1) is 0 Å². The van der Waals surface area contributed by atoms with E-state index in [1.54, 1.807) is 66.7 Å². The van der Waals surface area contributed by atoms with Gasteiger partial charge in [-0.2, -0.15) is 0 Å². The van der Waals surface area contributed by atoms with Gasteiger partial charge in [-0.05, 0) is 72.6 Å². The number of aromatic hydroxyl groups is 1. The molecule has 0 fully saturated rings. The van der Waals surface area contributed by atoms with Crippen LogP contribution in [0.3, 0.4) is 0 Å². The second kappa shape index (κ2) is 9.94. The maximum Gasteiger partial charge on any atom is 0.119 e. The number of ether oxygens (including phenoxy) is 1. The van der Waals surface area contributed by atoms with Crippen molar-refractivity contribution in [3.05, 3.63) is 95.6 Å². The molecule has 0 saturated carbocycles. The highest BCUT2D eigenvalue weighted by atomic mass is 16.5. The Morgan fingerprint density at radius 1 is 0.897 bits per heavy atom. The number of rotatable bonds is 8. The van der Waals surface area contributed by atoms with Crippen molar-refractivity contribution in [3.63, 3.8) is 0 Å². The molecule has 29 heavy (non-hydrogen) atoms. The summed E-state index contributed by atoms with van der Waals surface area (Å²) >= 11 is 0. The quantitative estimate of drug-likeness (QED) is 0.499. The molecule has 3 aromatic carbocycles. The lowest BCUT2D eigenvalue weighted by Crippen LogP contribution is -2.19. The Hall–Kier alpha value is -3.04. The molecule has 0 bridgehead atoms. The summed E-state index contributed by atoms with van der Waals surface area (Å²) in [4.78, 5) is 2.02. The molecule has 3 rings (SSSR count). The molecule has 1 N–H and O–H groups in total. The van der Waals surface area contributed by atoms with Gasteiger partial charge in [0, 0.05) is 13.4 Å². The van der Waals surface area contributed by atoms with Crippen LogP contribution in [0.5, 0.6) is 11.5 Å². The summed E-state index contributed by atoms with van der Waals surface area (Å²) in [5, 5.41) is 9.81. The molecule has 3 aromatic rings. The lowest BCUT2D eigenvalue weighted by molar-refractivity contribution is 0.261. The Kier molecular flexibility index (Phi) is 5.10. The van der Waals surface area contributed by atoms with Crippen LogP contribution < -0.4 is 4.74 Å². The van der Waals surface area contributed by atoms with Gasteiger partial charge in [-0.1, -0.05) is 61.4 Å². The van der Waals surface area contributed by atoms with E-state index < -0.39 is 13.2 Å². The van der Waals surface area contributed by atoms with Crippen molar-refractivity contribution < 1.29 is 16.7 Å². The van der Waals surface area contributed by atoms with E-state index in [1.807, 2.05) is 19.0 Å². The third-order valence-electron chi connectivity index (χ3n) is 4.54. The van der Waals surface area contributed by atoms with Crippen molar-refractivity contribution in [2.75, 3.05) is 27.2 Å². The molecule has 0 aromatic heterocycles. The van der Waals surface area contributed by atoms with Crippen LogP contribution in [0.15, 0.2) is 78.9 Å². The predicted molar refractivity (Wildman–Crippen MR) is 121 cm³/mol. The van der Waals surface area contributed by atoms with E-state index in [0.29, 0.717) is 34.6 Å². The number of hydrogen-bond acceptors (Lipinski definition) is 3. The minimum Gasteiger partial charge on any atom is -0.508 e. The average Bonchev–Trinajstić information content (AvgIpc) is 2.78. The van der Waals surface area contributed by atoms with E-state index in [2.05, 4.69) is 0 Å². The fourth-order valence-electron chi connectivity index (χ4n) is 3.03. The van der Waals surface area contributed by atoms with Gasteiger partial charge in [0.1, 0.15) is 18.1 Å². The smallest absolute Gasteiger partial charge is 0.119 e. The fraction of sp³-hybridized carbons (Fsp3) is 0.231. The first-order valence-electron chi connectivity index (χ1n) is 12.0. The molecule has 0 amide bonds. The largest absolute Gasteiger partial charge is 0.508 e. The Balaban J connectivity index is 2.24. The van der Waals surface area contributed by atoms with E-state index in [4.69, 9.17) is 11.6 Å². The van der Waals surface area contributed by atoms with Gasteiger partial charge < -0.3 is 14.7 Å². The van der Waals surface area contributed by atoms with E-state index in [0.717, 1.165) is 6.54 Å². The van der Waals surface area contributed by atoms with Crippen molar-refractivity contribution in [2.45, 2.75) is 13.2 Å². The van der Waals surface area contributed by atoms with Crippen molar-refractivity contribution >= 4 is 11.1 Å². The van der Waals surface area contributed by atoms with Gasteiger partial charge in [-0.25, -0.2) is 0 Å². The number of benzene rings is 3. The topological polar surface area (TPSA) is 32.7 Å². The summed E-state index contributed by atoms with van der Waals surface area (Å²) in [6, 6.07) is 22.2. The van der Waals surface area contributed by atoms with Crippen LogP contribution in [-0.4, -0.2) is 37.3 Å². The van der Waals surface area contributed by atoms with Crippen LogP contribution in [0.2, 0.25) is 0 Å². The Bertz CT molecular complexity index is 1110. The minimum absolute atomic E-state index is 0.0556. The molecule has 0 aliphatic carbocycles. The normalized spacial score (nSPS) is 15.5. The summed E-state index contributed by atoms with van der Waals surface area (Å²) < 4.78 is 47.1. The molecule has 3 heteroatoms. The second-order valence-electron chi connectivity index (χ2n) is 6.96. The predicted octanol–water partition coefficient (Wildman–Crippen LogP) is 5.70. The number of phenols is 1. The van der Waals surface area contributed by atoms with Crippen LogP contribution in [0.1, 0.15) is 36.8 Å². The molecule has 0 unspecified atom stereocenters. The number of phenolic OH excluding ortho intramolecular Hbond substituents is 1. The molecule has 0 radical (unpaired) electrons. The zero-order chi connectivity index (χ0) is 24.9. The molecule has 0 heterocycles. The molecular formula is C26H29NO2. The zero-order valence-electron chi connectivity index (χ0n) is 21.7. The van der Waals surface area contributed by atoms with Gasteiger partial charge >= 0.3 is 0 Å². The van der Waals surface area contributed by atoms with E-state index >= 15 is 0 Å². The lowest BCUT2D eigenvalue weighted by Gasteiger charge is -2.17. The van der Waals surface area contributed by atoms with Crippen LogP contribution in [0.25, 0.3) is 11.1 Å². The van der Waals surface area contributed by atoms with Gasteiger partial charge in [0.25, 0.3) is 0 Å². The molecular weight excluding hydrogens is 358 g/mol. The second-order valence-corrected chi connectivity index (χ2v) is 6.96. The van der Waals surface area contributed by atoms with E-state index in [9.17, 15) is 5.11 Å². The summed E-state index contributed by atoms with van der Waals surface area (Å²) in [5.74, 6) is 0.726. The lowest BCUT2D eigenvalue weighted by atomic mass is 9.88. The van der Waals surface area contributed by atoms with Crippen molar-refractivity contribution in [1.82, 2.24) is 4.90 Å². The third-order valence-corrected chi connectivity index (χ3v) is 4.54. The van der Waals surface area contributed by atoms with Crippen LogP contribution in [0, 0.1) is 0 Å². The molecule has 0 aliphatic rings. The third kappa shape index (κ3) is 5.49. The molecule has 0 atom stereocenters. The fourth-order valence-corrected chi connectivity index (χ4v) is 3.03. The maximum atomic E-state index is 9.81. The molecule has 3 nitrogen and oxygen atoms in total. The first-order chi connectivity index (χ1) is 16.0. The zero-order valence-corrected chi connectivity index (χ0v) is 16.7. The summed E-state index contributed by atoms with van der Waals surface area (Å²) in [5.41, 5.74) is 2.19.